The molecule has 1 saturated heterocycles. The Bertz CT molecular complexity index is 404. The maximum atomic E-state index is 6.04. The van der Waals surface area contributed by atoms with E-state index in [2.05, 4.69) is 45.1 Å². The summed E-state index contributed by atoms with van der Waals surface area (Å²) >= 11 is 0. The third-order valence-electron chi connectivity index (χ3n) is 4.03. The van der Waals surface area contributed by atoms with Crippen LogP contribution in [0, 0.1) is 20.8 Å². The van der Waals surface area contributed by atoms with Gasteiger partial charge in [-0.05, 0) is 63.3 Å². The Labute approximate surface area is 117 Å². The van der Waals surface area contributed by atoms with Gasteiger partial charge < -0.3 is 10.1 Å². The van der Waals surface area contributed by atoms with Gasteiger partial charge in [0.25, 0.3) is 0 Å². The van der Waals surface area contributed by atoms with E-state index in [1.807, 2.05) is 0 Å². The third kappa shape index (κ3) is 3.58. The first-order valence-electron chi connectivity index (χ1n) is 7.54. The van der Waals surface area contributed by atoms with Gasteiger partial charge in [0.05, 0.1) is 6.10 Å². The van der Waals surface area contributed by atoms with Crippen LogP contribution in [0.5, 0.6) is 0 Å². The van der Waals surface area contributed by atoms with Gasteiger partial charge in [0.1, 0.15) is 0 Å². The summed E-state index contributed by atoms with van der Waals surface area (Å²) in [6.45, 7) is 10.8. The SMILES string of the molecule is CCCNC1CCOC(c2c(C)cc(C)cc2C)C1. The molecular weight excluding hydrogens is 234 g/mol. The first-order valence-corrected chi connectivity index (χ1v) is 7.54. The molecule has 1 heterocycles. The second-order valence-electron chi connectivity index (χ2n) is 5.85. The minimum absolute atomic E-state index is 0.267. The molecule has 0 aliphatic carbocycles. The van der Waals surface area contributed by atoms with Crippen LogP contribution in [-0.4, -0.2) is 19.2 Å². The highest BCUT2D eigenvalue weighted by atomic mass is 16.5. The quantitative estimate of drug-likeness (QED) is 0.889. The molecule has 1 aliphatic heterocycles. The van der Waals surface area contributed by atoms with Crippen LogP contribution in [0.15, 0.2) is 12.1 Å². The minimum Gasteiger partial charge on any atom is -0.373 e. The standard InChI is InChI=1S/C17H27NO/c1-5-7-18-15-6-8-19-16(11-15)17-13(3)9-12(2)10-14(17)4/h9-10,15-16,18H,5-8,11H2,1-4H3. The fourth-order valence-electron chi connectivity index (χ4n) is 3.23. The number of aryl methyl sites for hydroxylation is 3. The van der Waals surface area contributed by atoms with E-state index in [9.17, 15) is 0 Å². The summed E-state index contributed by atoms with van der Waals surface area (Å²) in [7, 11) is 0. The molecule has 2 nitrogen and oxygen atoms in total. The van der Waals surface area contributed by atoms with E-state index in [1.165, 1.54) is 28.7 Å². The zero-order valence-electron chi connectivity index (χ0n) is 12.8. The average Bonchev–Trinajstić information content (AvgIpc) is 2.35. The van der Waals surface area contributed by atoms with E-state index in [1.54, 1.807) is 0 Å². The van der Waals surface area contributed by atoms with Crippen molar-refractivity contribution >= 4 is 0 Å². The predicted octanol–water partition coefficient (Wildman–Crippen LogP) is 3.83. The van der Waals surface area contributed by atoms with Crippen LogP contribution in [0.2, 0.25) is 0 Å². The molecule has 1 aromatic rings. The van der Waals surface area contributed by atoms with E-state index < -0.39 is 0 Å². The maximum absolute atomic E-state index is 6.04. The van der Waals surface area contributed by atoms with E-state index in [-0.39, 0.29) is 6.10 Å². The highest BCUT2D eigenvalue weighted by Crippen LogP contribution is 2.33. The second-order valence-corrected chi connectivity index (χ2v) is 5.85. The normalized spacial score (nSPS) is 23.6. The number of rotatable bonds is 4. The molecular formula is C17H27NO. The van der Waals surface area contributed by atoms with Crippen molar-refractivity contribution in [1.29, 1.82) is 0 Å². The van der Waals surface area contributed by atoms with Crippen LogP contribution < -0.4 is 5.32 Å². The van der Waals surface area contributed by atoms with Crippen LogP contribution in [0.1, 0.15) is 54.5 Å². The second kappa shape index (κ2) is 6.53. The molecule has 1 N–H and O–H groups in total. The van der Waals surface area contributed by atoms with E-state index in [4.69, 9.17) is 4.74 Å². The molecule has 1 fully saturated rings. The van der Waals surface area contributed by atoms with Crippen molar-refractivity contribution < 1.29 is 4.74 Å². The Morgan fingerprint density at radius 3 is 2.53 bits per heavy atom. The molecule has 0 bridgehead atoms. The first-order chi connectivity index (χ1) is 9.11. The molecule has 0 spiro atoms. The van der Waals surface area contributed by atoms with Crippen molar-refractivity contribution in [3.05, 3.63) is 34.4 Å². The number of ether oxygens (including phenoxy) is 1. The minimum atomic E-state index is 0.267. The van der Waals surface area contributed by atoms with Crippen molar-refractivity contribution in [1.82, 2.24) is 5.32 Å². The van der Waals surface area contributed by atoms with Gasteiger partial charge in [0.2, 0.25) is 0 Å². The van der Waals surface area contributed by atoms with Gasteiger partial charge in [0, 0.05) is 12.6 Å². The van der Waals surface area contributed by atoms with E-state index >= 15 is 0 Å². The number of benzene rings is 1. The van der Waals surface area contributed by atoms with Gasteiger partial charge in [-0.1, -0.05) is 24.6 Å². The zero-order valence-corrected chi connectivity index (χ0v) is 12.8. The fraction of sp³-hybridized carbons (Fsp3) is 0.647. The molecule has 0 amide bonds. The Morgan fingerprint density at radius 2 is 1.89 bits per heavy atom. The molecule has 1 aliphatic rings. The van der Waals surface area contributed by atoms with Crippen LogP contribution in [0.25, 0.3) is 0 Å². The largest absolute Gasteiger partial charge is 0.373 e. The predicted molar refractivity (Wildman–Crippen MR) is 80.7 cm³/mol. The van der Waals surface area contributed by atoms with Crippen LogP contribution in [0.4, 0.5) is 0 Å². The molecule has 106 valence electrons. The smallest absolute Gasteiger partial charge is 0.0844 e. The molecule has 0 radical (unpaired) electrons. The Kier molecular flexibility index (Phi) is 5.00. The van der Waals surface area contributed by atoms with E-state index in [0.717, 1.165) is 26.0 Å². The summed E-state index contributed by atoms with van der Waals surface area (Å²) in [6.07, 6.45) is 3.71. The van der Waals surface area contributed by atoms with Crippen molar-refractivity contribution in [2.75, 3.05) is 13.2 Å². The molecule has 2 unspecified atom stereocenters. The van der Waals surface area contributed by atoms with Crippen LogP contribution in [0.3, 0.4) is 0 Å². The Balaban J connectivity index is 2.13. The maximum Gasteiger partial charge on any atom is 0.0844 e. The lowest BCUT2D eigenvalue weighted by Gasteiger charge is -2.32. The van der Waals surface area contributed by atoms with Gasteiger partial charge in [-0.25, -0.2) is 0 Å². The summed E-state index contributed by atoms with van der Waals surface area (Å²) < 4.78 is 6.04. The van der Waals surface area contributed by atoms with Crippen LogP contribution in [-0.2, 0) is 4.74 Å². The highest BCUT2D eigenvalue weighted by molar-refractivity contribution is 5.39. The Morgan fingerprint density at radius 1 is 1.21 bits per heavy atom. The summed E-state index contributed by atoms with van der Waals surface area (Å²) in [4.78, 5) is 0. The van der Waals surface area contributed by atoms with E-state index in [0.29, 0.717) is 6.04 Å². The van der Waals surface area contributed by atoms with Crippen molar-refractivity contribution in [2.24, 2.45) is 0 Å². The van der Waals surface area contributed by atoms with Crippen molar-refractivity contribution in [3.8, 4) is 0 Å². The number of hydrogen-bond acceptors (Lipinski definition) is 2. The van der Waals surface area contributed by atoms with Gasteiger partial charge >= 0.3 is 0 Å². The molecule has 2 rings (SSSR count). The van der Waals surface area contributed by atoms with Gasteiger partial charge in [-0.2, -0.15) is 0 Å². The lowest BCUT2D eigenvalue weighted by Crippen LogP contribution is -2.36. The molecule has 2 heteroatoms. The summed E-state index contributed by atoms with van der Waals surface area (Å²) in [6, 6.07) is 5.16. The summed E-state index contributed by atoms with van der Waals surface area (Å²) in [5, 5.41) is 3.64. The lowest BCUT2D eigenvalue weighted by molar-refractivity contribution is -0.000331. The average molecular weight is 261 g/mol. The zero-order chi connectivity index (χ0) is 13.8. The molecule has 0 saturated carbocycles. The topological polar surface area (TPSA) is 21.3 Å². The fourth-order valence-corrected chi connectivity index (χ4v) is 3.23. The monoisotopic (exact) mass is 261 g/mol. The molecule has 2 atom stereocenters. The van der Waals surface area contributed by atoms with Gasteiger partial charge in [-0.15, -0.1) is 0 Å². The first kappa shape index (κ1) is 14.5. The lowest BCUT2D eigenvalue weighted by atomic mass is 9.90. The molecule has 1 aromatic carbocycles. The van der Waals surface area contributed by atoms with Gasteiger partial charge in [0.15, 0.2) is 0 Å². The summed E-state index contributed by atoms with van der Waals surface area (Å²) in [5.74, 6) is 0. The van der Waals surface area contributed by atoms with Crippen molar-refractivity contribution in [3.63, 3.8) is 0 Å². The van der Waals surface area contributed by atoms with Crippen molar-refractivity contribution in [2.45, 2.75) is 59.1 Å². The number of nitrogens with one attached hydrogen (secondary N) is 1. The summed E-state index contributed by atoms with van der Waals surface area (Å²) in [5.41, 5.74) is 5.50. The third-order valence-corrected chi connectivity index (χ3v) is 4.03. The number of hydrogen-bond donors (Lipinski definition) is 1. The molecule has 19 heavy (non-hydrogen) atoms. The highest BCUT2D eigenvalue weighted by Gasteiger charge is 2.25. The van der Waals surface area contributed by atoms with Gasteiger partial charge in [-0.3, -0.25) is 0 Å². The Hall–Kier alpha value is -0.860. The molecule has 0 aromatic heterocycles. The van der Waals surface area contributed by atoms with Crippen LogP contribution >= 0.6 is 0 Å².